The predicted octanol–water partition coefficient (Wildman–Crippen LogP) is 2.82. The molecule has 3 N–H and O–H groups in total. The second-order valence-electron chi connectivity index (χ2n) is 11.0. The highest BCUT2D eigenvalue weighted by molar-refractivity contribution is 7.92. The SMILES string of the molecule is O=C(Nc1ccc(NS(=O)(=O)CCO)cc1N1CCC2(CC1)CC2)c1cc2c(c(N3CCOCC3)c1)OCC2. The maximum Gasteiger partial charge on any atom is 0.255 e. The highest BCUT2D eigenvalue weighted by Crippen LogP contribution is 2.54. The number of anilines is 4. The Kier molecular flexibility index (Phi) is 7.07. The van der Waals surface area contributed by atoms with Crippen LogP contribution in [0.5, 0.6) is 5.75 Å². The monoisotopic (exact) mass is 556 g/mol. The number of sulfonamides is 1. The van der Waals surface area contributed by atoms with Gasteiger partial charge in [0.25, 0.3) is 5.91 Å². The summed E-state index contributed by atoms with van der Waals surface area (Å²) in [5.41, 5.74) is 4.84. The first-order chi connectivity index (χ1) is 18.8. The molecule has 11 heteroatoms. The van der Waals surface area contributed by atoms with E-state index in [1.807, 2.05) is 12.1 Å². The maximum absolute atomic E-state index is 13.6. The Morgan fingerprint density at radius 1 is 0.949 bits per heavy atom. The average molecular weight is 557 g/mol. The number of rotatable bonds is 8. The van der Waals surface area contributed by atoms with Crippen molar-refractivity contribution < 1.29 is 27.8 Å². The first kappa shape index (κ1) is 26.2. The van der Waals surface area contributed by atoms with Crippen LogP contribution < -0.4 is 24.6 Å². The number of piperidine rings is 1. The molecule has 0 unspecified atom stereocenters. The van der Waals surface area contributed by atoms with E-state index in [1.165, 1.54) is 12.8 Å². The van der Waals surface area contributed by atoms with E-state index in [0.29, 0.717) is 42.2 Å². The zero-order chi connectivity index (χ0) is 27.0. The molecule has 3 fully saturated rings. The fourth-order valence-corrected chi connectivity index (χ4v) is 6.69. The van der Waals surface area contributed by atoms with Gasteiger partial charge < -0.3 is 29.7 Å². The largest absolute Gasteiger partial charge is 0.491 e. The van der Waals surface area contributed by atoms with Gasteiger partial charge in [0.05, 0.1) is 54.9 Å². The Morgan fingerprint density at radius 2 is 1.69 bits per heavy atom. The molecule has 0 radical (unpaired) electrons. The van der Waals surface area contributed by atoms with Crippen LogP contribution in [0.25, 0.3) is 0 Å². The number of morpholine rings is 1. The fraction of sp³-hybridized carbons (Fsp3) is 0.536. The van der Waals surface area contributed by atoms with Crippen LogP contribution in [0.3, 0.4) is 0 Å². The number of aliphatic hydroxyl groups is 1. The van der Waals surface area contributed by atoms with Crippen molar-refractivity contribution >= 4 is 38.7 Å². The third-order valence-corrected chi connectivity index (χ3v) is 9.65. The minimum absolute atomic E-state index is 0.218. The van der Waals surface area contributed by atoms with E-state index in [9.17, 15) is 13.2 Å². The molecule has 210 valence electrons. The number of carbonyl (C=O) groups excluding carboxylic acids is 1. The summed E-state index contributed by atoms with van der Waals surface area (Å²) in [5, 5.41) is 12.2. The molecule has 1 amide bonds. The van der Waals surface area contributed by atoms with Gasteiger partial charge in [-0.2, -0.15) is 0 Å². The summed E-state index contributed by atoms with van der Waals surface area (Å²) in [6.45, 7) is 4.62. The fourth-order valence-electron chi connectivity index (χ4n) is 5.86. The summed E-state index contributed by atoms with van der Waals surface area (Å²) in [6.07, 6.45) is 5.50. The maximum atomic E-state index is 13.6. The Morgan fingerprint density at radius 3 is 2.41 bits per heavy atom. The molecule has 3 heterocycles. The molecule has 2 saturated heterocycles. The highest BCUT2D eigenvalue weighted by atomic mass is 32.2. The second-order valence-corrected chi connectivity index (χ2v) is 12.8. The van der Waals surface area contributed by atoms with Crippen LogP contribution in [0, 0.1) is 5.41 Å². The van der Waals surface area contributed by atoms with Crippen molar-refractivity contribution in [1.29, 1.82) is 0 Å². The van der Waals surface area contributed by atoms with E-state index < -0.39 is 16.6 Å². The van der Waals surface area contributed by atoms with Crippen LogP contribution >= 0.6 is 0 Å². The van der Waals surface area contributed by atoms with Gasteiger partial charge in [-0.15, -0.1) is 0 Å². The van der Waals surface area contributed by atoms with Gasteiger partial charge in [0, 0.05) is 43.7 Å². The van der Waals surface area contributed by atoms with Crippen LogP contribution in [0.1, 0.15) is 41.6 Å². The Balaban J connectivity index is 1.28. The number of hydrogen-bond acceptors (Lipinski definition) is 8. The number of nitrogens with one attached hydrogen (secondary N) is 2. The predicted molar refractivity (Wildman–Crippen MR) is 151 cm³/mol. The van der Waals surface area contributed by atoms with Gasteiger partial charge in [-0.25, -0.2) is 8.42 Å². The lowest BCUT2D eigenvalue weighted by atomic mass is 9.93. The minimum atomic E-state index is -3.67. The first-order valence-corrected chi connectivity index (χ1v) is 15.4. The Labute approximate surface area is 229 Å². The number of ether oxygens (including phenoxy) is 2. The van der Waals surface area contributed by atoms with Crippen molar-refractivity contribution in [2.24, 2.45) is 5.41 Å². The molecule has 2 aromatic carbocycles. The molecule has 39 heavy (non-hydrogen) atoms. The normalized spacial score (nSPS) is 19.9. The van der Waals surface area contributed by atoms with E-state index in [4.69, 9.17) is 14.6 Å². The van der Waals surface area contributed by atoms with Gasteiger partial charge in [0.2, 0.25) is 10.0 Å². The Bertz CT molecular complexity index is 1340. The molecule has 1 spiro atoms. The number of amides is 1. The van der Waals surface area contributed by atoms with Crippen LogP contribution in [0.4, 0.5) is 22.7 Å². The number of aliphatic hydroxyl groups excluding tert-OH is 1. The molecule has 0 aromatic heterocycles. The van der Waals surface area contributed by atoms with Gasteiger partial charge in [-0.3, -0.25) is 9.52 Å². The van der Waals surface area contributed by atoms with Crippen LogP contribution in [0.2, 0.25) is 0 Å². The summed E-state index contributed by atoms with van der Waals surface area (Å²) >= 11 is 0. The third kappa shape index (κ3) is 5.66. The number of carbonyl (C=O) groups is 1. The summed E-state index contributed by atoms with van der Waals surface area (Å²) in [4.78, 5) is 18.1. The van der Waals surface area contributed by atoms with Crippen LogP contribution in [-0.2, 0) is 21.2 Å². The van der Waals surface area contributed by atoms with Crippen molar-refractivity contribution in [2.45, 2.75) is 32.1 Å². The van der Waals surface area contributed by atoms with Gasteiger partial charge in [0.15, 0.2) is 0 Å². The second kappa shape index (κ2) is 10.5. The third-order valence-electron chi connectivity index (χ3n) is 8.38. The molecule has 2 aromatic rings. The quantitative estimate of drug-likeness (QED) is 0.454. The minimum Gasteiger partial charge on any atom is -0.491 e. The Hall–Kier alpha value is -3.02. The molecule has 4 aliphatic rings. The van der Waals surface area contributed by atoms with Crippen molar-refractivity contribution in [3.8, 4) is 5.75 Å². The smallest absolute Gasteiger partial charge is 0.255 e. The summed E-state index contributed by atoms with van der Waals surface area (Å²) in [5.74, 6) is 0.265. The number of hydrogen-bond donors (Lipinski definition) is 3. The van der Waals surface area contributed by atoms with E-state index in [2.05, 4.69) is 19.8 Å². The topological polar surface area (TPSA) is 120 Å². The molecular weight excluding hydrogens is 520 g/mol. The van der Waals surface area contributed by atoms with E-state index in [1.54, 1.807) is 18.2 Å². The lowest BCUT2D eigenvalue weighted by Crippen LogP contribution is -2.36. The van der Waals surface area contributed by atoms with Gasteiger partial charge in [0.1, 0.15) is 5.75 Å². The lowest BCUT2D eigenvalue weighted by Gasteiger charge is -2.35. The first-order valence-electron chi connectivity index (χ1n) is 13.8. The molecule has 10 nitrogen and oxygen atoms in total. The van der Waals surface area contributed by atoms with E-state index >= 15 is 0 Å². The standard InChI is InChI=1S/C28H36N4O6S/c33-12-16-39(35,36)30-22-1-2-23(24(19-22)31-8-6-28(4-5-28)7-9-31)29-27(34)21-17-20-3-13-38-26(20)25(18-21)32-10-14-37-15-11-32/h1-2,17-19,30,33H,3-16H2,(H,29,34). The molecular formula is C28H36N4O6S. The highest BCUT2D eigenvalue weighted by Gasteiger charge is 2.44. The summed E-state index contributed by atoms with van der Waals surface area (Å²) < 4.78 is 38.6. The summed E-state index contributed by atoms with van der Waals surface area (Å²) in [7, 11) is -3.67. The van der Waals surface area contributed by atoms with Crippen LogP contribution in [0.15, 0.2) is 30.3 Å². The van der Waals surface area contributed by atoms with Gasteiger partial charge in [-0.05, 0) is 61.4 Å². The van der Waals surface area contributed by atoms with Crippen molar-refractivity contribution in [2.75, 3.05) is 78.2 Å². The van der Waals surface area contributed by atoms with Crippen molar-refractivity contribution in [3.05, 3.63) is 41.5 Å². The van der Waals surface area contributed by atoms with E-state index in [-0.39, 0.29) is 11.7 Å². The van der Waals surface area contributed by atoms with Crippen molar-refractivity contribution in [1.82, 2.24) is 0 Å². The summed E-state index contributed by atoms with van der Waals surface area (Å²) in [6, 6.07) is 9.00. The zero-order valence-electron chi connectivity index (χ0n) is 22.1. The van der Waals surface area contributed by atoms with Crippen molar-refractivity contribution in [3.63, 3.8) is 0 Å². The average Bonchev–Trinajstić information content (AvgIpc) is 3.50. The lowest BCUT2D eigenvalue weighted by molar-refractivity contribution is 0.102. The zero-order valence-corrected chi connectivity index (χ0v) is 22.9. The van der Waals surface area contributed by atoms with Crippen LogP contribution in [-0.4, -0.2) is 77.8 Å². The number of nitrogens with zero attached hydrogens (tertiary/aromatic N) is 2. The van der Waals surface area contributed by atoms with Gasteiger partial charge >= 0.3 is 0 Å². The molecule has 6 rings (SSSR count). The molecule has 0 bridgehead atoms. The molecule has 1 saturated carbocycles. The van der Waals surface area contributed by atoms with Gasteiger partial charge in [-0.1, -0.05) is 0 Å². The molecule has 3 aliphatic heterocycles. The molecule has 1 aliphatic carbocycles. The molecule has 0 atom stereocenters. The van der Waals surface area contributed by atoms with E-state index in [0.717, 1.165) is 68.1 Å². The number of benzene rings is 2. The number of fused-ring (bicyclic) bond motifs is 1.